The van der Waals surface area contributed by atoms with Crippen LogP contribution in [0.2, 0.25) is 0 Å². The zero-order chi connectivity index (χ0) is 15.8. The lowest BCUT2D eigenvalue weighted by molar-refractivity contribution is -0.144. The summed E-state index contributed by atoms with van der Waals surface area (Å²) in [6.07, 6.45) is 2.48. The molecule has 6 heteroatoms. The molecule has 1 N–H and O–H groups in total. The van der Waals surface area contributed by atoms with Gasteiger partial charge in [0.2, 0.25) is 0 Å². The number of amides is 1. The fourth-order valence-electron chi connectivity index (χ4n) is 1.67. The molecule has 0 aliphatic heterocycles. The Bertz CT molecular complexity index is 527. The molecule has 0 fully saturated rings. The number of allylic oxidation sites excluding steroid dienone is 1. The number of likely N-dealkylation sites (N-methyl/N-ethyl adjacent to an activating group) is 1. The van der Waals surface area contributed by atoms with Gasteiger partial charge in [-0.25, -0.2) is 0 Å². The van der Waals surface area contributed by atoms with Gasteiger partial charge in [-0.15, -0.1) is 6.58 Å². The van der Waals surface area contributed by atoms with Gasteiger partial charge in [-0.05, 0) is 24.1 Å². The van der Waals surface area contributed by atoms with E-state index < -0.39 is 11.9 Å². The molecule has 0 aromatic heterocycles. The fraction of sp³-hybridized carbons (Fsp3) is 0.333. The first kappa shape index (κ1) is 16.6. The lowest BCUT2D eigenvalue weighted by Crippen LogP contribution is -2.35. The Labute approximate surface area is 123 Å². The van der Waals surface area contributed by atoms with Crippen LogP contribution in [0.3, 0.4) is 0 Å². The molecule has 114 valence electrons. The smallest absolute Gasteiger partial charge is 0.323 e. The molecule has 0 radical (unpaired) electrons. The van der Waals surface area contributed by atoms with E-state index in [4.69, 9.17) is 14.6 Å². The molecule has 1 aromatic carbocycles. The highest BCUT2D eigenvalue weighted by molar-refractivity contribution is 5.82. The monoisotopic (exact) mass is 293 g/mol. The standard InChI is InChI=1S/C15H19NO5/c1-4-5-11-6-7-12(13(8-11)20-3)21-10-14(17)16(2)9-15(18)19/h4,6-8H,1,5,9-10H2,2-3H3,(H,18,19). The summed E-state index contributed by atoms with van der Waals surface area (Å²) in [5.41, 5.74) is 1.02. The number of rotatable bonds is 8. The van der Waals surface area contributed by atoms with Crippen LogP contribution < -0.4 is 9.47 Å². The minimum absolute atomic E-state index is 0.249. The van der Waals surface area contributed by atoms with E-state index in [0.717, 1.165) is 10.5 Å². The Morgan fingerprint density at radius 3 is 2.67 bits per heavy atom. The van der Waals surface area contributed by atoms with Gasteiger partial charge >= 0.3 is 5.97 Å². The summed E-state index contributed by atoms with van der Waals surface area (Å²) in [7, 11) is 2.92. The van der Waals surface area contributed by atoms with Gasteiger partial charge in [0.05, 0.1) is 7.11 Å². The zero-order valence-electron chi connectivity index (χ0n) is 12.2. The third-order valence-corrected chi connectivity index (χ3v) is 2.76. The maximum absolute atomic E-state index is 11.7. The second kappa shape index (κ2) is 7.94. The minimum atomic E-state index is -1.07. The van der Waals surface area contributed by atoms with Crippen molar-refractivity contribution in [2.75, 3.05) is 27.3 Å². The second-order valence-corrected chi connectivity index (χ2v) is 4.41. The molecular weight excluding hydrogens is 274 g/mol. The number of aliphatic carboxylic acids is 1. The molecule has 0 bridgehead atoms. The van der Waals surface area contributed by atoms with Crippen molar-refractivity contribution in [3.8, 4) is 11.5 Å². The molecule has 1 aromatic rings. The van der Waals surface area contributed by atoms with Crippen LogP contribution in [0.5, 0.6) is 11.5 Å². The van der Waals surface area contributed by atoms with E-state index in [1.165, 1.54) is 14.2 Å². The summed E-state index contributed by atoms with van der Waals surface area (Å²) in [5, 5.41) is 8.62. The maximum Gasteiger partial charge on any atom is 0.323 e. The number of carboxylic acids is 1. The number of methoxy groups -OCH3 is 1. The first-order valence-electron chi connectivity index (χ1n) is 6.34. The summed E-state index contributed by atoms with van der Waals surface area (Å²) in [5.74, 6) is -0.544. The molecular formula is C15H19NO5. The van der Waals surface area contributed by atoms with E-state index in [-0.39, 0.29) is 13.2 Å². The summed E-state index contributed by atoms with van der Waals surface area (Å²) in [6, 6.07) is 5.37. The number of hydrogen-bond acceptors (Lipinski definition) is 4. The Kier molecular flexibility index (Phi) is 6.26. The molecule has 1 amide bonds. The van der Waals surface area contributed by atoms with Crippen molar-refractivity contribution < 1.29 is 24.2 Å². The highest BCUT2D eigenvalue weighted by Gasteiger charge is 2.14. The number of benzene rings is 1. The quantitative estimate of drug-likeness (QED) is 0.732. The average Bonchev–Trinajstić information content (AvgIpc) is 2.44. The first-order chi connectivity index (χ1) is 9.97. The topological polar surface area (TPSA) is 76.1 Å². The van der Waals surface area contributed by atoms with Gasteiger partial charge in [-0.1, -0.05) is 12.1 Å². The predicted octanol–water partition coefficient (Wildman–Crippen LogP) is 1.35. The Balaban J connectivity index is 2.68. The predicted molar refractivity (Wildman–Crippen MR) is 77.7 cm³/mol. The summed E-state index contributed by atoms with van der Waals surface area (Å²) in [4.78, 5) is 23.3. The van der Waals surface area contributed by atoms with Crippen molar-refractivity contribution in [2.24, 2.45) is 0 Å². The Morgan fingerprint density at radius 1 is 1.38 bits per heavy atom. The van der Waals surface area contributed by atoms with Gasteiger partial charge in [0.15, 0.2) is 18.1 Å². The fourth-order valence-corrected chi connectivity index (χ4v) is 1.67. The number of carbonyl (C=O) groups excluding carboxylic acids is 1. The summed E-state index contributed by atoms with van der Waals surface area (Å²) >= 11 is 0. The highest BCUT2D eigenvalue weighted by atomic mass is 16.5. The van der Waals surface area contributed by atoms with Crippen LogP contribution >= 0.6 is 0 Å². The molecule has 0 saturated heterocycles. The molecule has 0 aliphatic carbocycles. The lowest BCUT2D eigenvalue weighted by atomic mass is 10.1. The molecule has 0 spiro atoms. The van der Waals surface area contributed by atoms with Crippen molar-refractivity contribution in [3.63, 3.8) is 0 Å². The van der Waals surface area contributed by atoms with Crippen LogP contribution in [0, 0.1) is 0 Å². The number of carboxylic acid groups (broad SMARTS) is 1. The van der Waals surface area contributed by atoms with E-state index in [9.17, 15) is 9.59 Å². The second-order valence-electron chi connectivity index (χ2n) is 4.41. The van der Waals surface area contributed by atoms with Gasteiger partial charge in [0, 0.05) is 7.05 Å². The first-order valence-corrected chi connectivity index (χ1v) is 6.34. The van der Waals surface area contributed by atoms with E-state index in [0.29, 0.717) is 17.9 Å². The number of ether oxygens (including phenoxy) is 2. The normalized spacial score (nSPS) is 9.81. The van der Waals surface area contributed by atoms with Crippen LogP contribution in [-0.2, 0) is 16.0 Å². The van der Waals surface area contributed by atoms with Crippen molar-refractivity contribution in [1.82, 2.24) is 4.90 Å². The summed E-state index contributed by atoms with van der Waals surface area (Å²) in [6.45, 7) is 3.05. The molecule has 0 heterocycles. The maximum atomic E-state index is 11.7. The number of hydrogen-bond donors (Lipinski definition) is 1. The van der Waals surface area contributed by atoms with Crippen LogP contribution in [0.25, 0.3) is 0 Å². The number of carbonyl (C=O) groups is 2. The van der Waals surface area contributed by atoms with E-state index >= 15 is 0 Å². The van der Waals surface area contributed by atoms with E-state index in [1.54, 1.807) is 12.1 Å². The third kappa shape index (κ3) is 5.18. The average molecular weight is 293 g/mol. The molecule has 21 heavy (non-hydrogen) atoms. The lowest BCUT2D eigenvalue weighted by Gasteiger charge is -2.16. The number of nitrogens with zero attached hydrogens (tertiary/aromatic N) is 1. The van der Waals surface area contributed by atoms with Crippen LogP contribution in [-0.4, -0.2) is 49.2 Å². The van der Waals surface area contributed by atoms with Crippen LogP contribution in [0.15, 0.2) is 30.9 Å². The highest BCUT2D eigenvalue weighted by Crippen LogP contribution is 2.28. The Hall–Kier alpha value is -2.50. The van der Waals surface area contributed by atoms with E-state index in [1.807, 2.05) is 12.1 Å². The van der Waals surface area contributed by atoms with E-state index in [2.05, 4.69) is 6.58 Å². The van der Waals surface area contributed by atoms with Crippen molar-refractivity contribution in [3.05, 3.63) is 36.4 Å². The van der Waals surface area contributed by atoms with Crippen molar-refractivity contribution >= 4 is 11.9 Å². The van der Waals surface area contributed by atoms with Gasteiger partial charge in [0.1, 0.15) is 6.54 Å². The zero-order valence-corrected chi connectivity index (χ0v) is 12.2. The van der Waals surface area contributed by atoms with Gasteiger partial charge in [-0.3, -0.25) is 9.59 Å². The largest absolute Gasteiger partial charge is 0.493 e. The van der Waals surface area contributed by atoms with Gasteiger partial charge < -0.3 is 19.5 Å². The minimum Gasteiger partial charge on any atom is -0.493 e. The molecule has 0 aliphatic rings. The van der Waals surface area contributed by atoms with Gasteiger partial charge in [0.25, 0.3) is 5.91 Å². The molecule has 0 unspecified atom stereocenters. The molecule has 0 atom stereocenters. The Morgan fingerprint density at radius 2 is 2.10 bits per heavy atom. The van der Waals surface area contributed by atoms with Crippen LogP contribution in [0.4, 0.5) is 0 Å². The van der Waals surface area contributed by atoms with Crippen molar-refractivity contribution in [2.45, 2.75) is 6.42 Å². The third-order valence-electron chi connectivity index (χ3n) is 2.76. The molecule has 1 rings (SSSR count). The van der Waals surface area contributed by atoms with Crippen LogP contribution in [0.1, 0.15) is 5.56 Å². The van der Waals surface area contributed by atoms with Crippen molar-refractivity contribution in [1.29, 1.82) is 0 Å². The molecule has 6 nitrogen and oxygen atoms in total. The SMILES string of the molecule is C=CCc1ccc(OCC(=O)N(C)CC(=O)O)c(OC)c1. The molecule has 0 saturated carbocycles. The van der Waals surface area contributed by atoms with Gasteiger partial charge in [-0.2, -0.15) is 0 Å². The summed E-state index contributed by atoms with van der Waals surface area (Å²) < 4.78 is 10.6.